The summed E-state index contributed by atoms with van der Waals surface area (Å²) in [6, 6.07) is 12.8. The highest BCUT2D eigenvalue weighted by atomic mass is 16.3. The van der Waals surface area contributed by atoms with E-state index in [1.165, 1.54) is 54.6 Å². The van der Waals surface area contributed by atoms with E-state index in [-0.39, 0.29) is 69.4 Å². The molecule has 0 amide bonds. The summed E-state index contributed by atoms with van der Waals surface area (Å²) in [6.07, 6.45) is 6.25. The van der Waals surface area contributed by atoms with Crippen LogP contribution in [0.1, 0.15) is 82.0 Å². The van der Waals surface area contributed by atoms with Crippen molar-refractivity contribution in [3.8, 4) is 46.0 Å². The van der Waals surface area contributed by atoms with Gasteiger partial charge in [0.15, 0.2) is 11.6 Å². The summed E-state index contributed by atoms with van der Waals surface area (Å²) in [7, 11) is 0. The van der Waals surface area contributed by atoms with Crippen molar-refractivity contribution in [2.24, 2.45) is 5.92 Å². The molecule has 8 N–H and O–H groups in total. The molecule has 4 aromatic rings. The van der Waals surface area contributed by atoms with Gasteiger partial charge in [-0.25, -0.2) is 0 Å². The molecule has 0 aromatic heterocycles. The quantitative estimate of drug-likeness (QED) is 0.0500. The van der Waals surface area contributed by atoms with Gasteiger partial charge in [0.25, 0.3) is 0 Å². The predicted octanol–water partition coefficient (Wildman–Crippen LogP) is 7.45. The highest BCUT2D eigenvalue weighted by molar-refractivity contribution is 6.09. The van der Waals surface area contributed by atoms with Crippen molar-refractivity contribution in [3.05, 3.63) is 123 Å². The summed E-state index contributed by atoms with van der Waals surface area (Å²) < 4.78 is 0. The molecule has 10 nitrogen and oxygen atoms in total. The lowest BCUT2D eigenvalue weighted by Gasteiger charge is -2.37. The highest BCUT2D eigenvalue weighted by Gasteiger charge is 2.43. The van der Waals surface area contributed by atoms with Crippen LogP contribution in [0.4, 0.5) is 0 Å². The van der Waals surface area contributed by atoms with Crippen LogP contribution in [0.5, 0.6) is 46.0 Å². The van der Waals surface area contributed by atoms with Gasteiger partial charge in [-0.15, -0.1) is 0 Å². The lowest BCUT2D eigenvalue weighted by Crippen LogP contribution is -2.32. The van der Waals surface area contributed by atoms with Crippen molar-refractivity contribution in [3.63, 3.8) is 0 Å². The van der Waals surface area contributed by atoms with Crippen molar-refractivity contribution in [2.75, 3.05) is 0 Å². The topological polar surface area (TPSA) is 196 Å². The monoisotopic (exact) mass is 678 g/mol. The SMILES string of the molecule is CC(C)=CCc1c(O)ccc(C(=O)C2C(c3c(O)ccc(C(=O)C=Cc4ccc(O)cc4O)c3O)C=C(C)CC2c2ccc(O)cc2O)c1O. The van der Waals surface area contributed by atoms with Crippen molar-refractivity contribution < 1.29 is 50.4 Å². The van der Waals surface area contributed by atoms with E-state index in [1.54, 1.807) is 19.1 Å². The fourth-order valence-corrected chi connectivity index (χ4v) is 6.52. The van der Waals surface area contributed by atoms with E-state index in [2.05, 4.69) is 0 Å². The summed E-state index contributed by atoms with van der Waals surface area (Å²) in [5.41, 5.74) is 1.82. The fourth-order valence-electron chi connectivity index (χ4n) is 6.52. The third kappa shape index (κ3) is 7.00. The first kappa shape index (κ1) is 35.2. The van der Waals surface area contributed by atoms with Gasteiger partial charge in [-0.1, -0.05) is 29.4 Å². The molecule has 1 aliphatic rings. The zero-order valence-electron chi connectivity index (χ0n) is 27.6. The number of hydrogen-bond acceptors (Lipinski definition) is 10. The number of allylic oxidation sites excluding steroid dienone is 5. The summed E-state index contributed by atoms with van der Waals surface area (Å²) >= 11 is 0. The molecule has 4 aromatic carbocycles. The normalized spacial score (nSPS) is 17.3. The Kier molecular flexibility index (Phi) is 9.94. The molecule has 0 saturated heterocycles. The van der Waals surface area contributed by atoms with Crippen LogP contribution in [-0.4, -0.2) is 52.4 Å². The third-order valence-electron chi connectivity index (χ3n) is 9.00. The standard InChI is InChI=1S/C40H38O10/c1-20(2)4-9-26-32(44)14-12-28(38(26)48)40(50)36-29(25-10-8-24(42)19-35(25)47)16-21(3)17-30(36)37-33(45)15-11-27(39(37)49)31(43)13-6-22-5-7-23(41)18-34(22)46/h4-8,10-15,17-19,29-30,36,41-42,44-49H,9,16H2,1-3H3. The van der Waals surface area contributed by atoms with Gasteiger partial charge < -0.3 is 40.9 Å². The van der Waals surface area contributed by atoms with E-state index >= 15 is 0 Å². The summed E-state index contributed by atoms with van der Waals surface area (Å²) in [4.78, 5) is 28.1. The average Bonchev–Trinajstić information content (AvgIpc) is 3.03. The van der Waals surface area contributed by atoms with E-state index in [0.29, 0.717) is 5.56 Å². The molecule has 3 unspecified atom stereocenters. The Morgan fingerprint density at radius 3 is 2.04 bits per heavy atom. The minimum Gasteiger partial charge on any atom is -0.508 e. The number of phenols is 8. The zero-order chi connectivity index (χ0) is 36.4. The summed E-state index contributed by atoms with van der Waals surface area (Å²) in [6.45, 7) is 5.48. The molecule has 0 spiro atoms. The molecule has 1 aliphatic carbocycles. The van der Waals surface area contributed by atoms with E-state index in [9.17, 15) is 50.4 Å². The second-order valence-electron chi connectivity index (χ2n) is 12.8. The number of rotatable bonds is 9. The van der Waals surface area contributed by atoms with Crippen LogP contribution < -0.4 is 0 Å². The Labute approximate surface area is 288 Å². The molecule has 10 heteroatoms. The number of ketones is 2. The maximum Gasteiger partial charge on any atom is 0.189 e. The van der Waals surface area contributed by atoms with Gasteiger partial charge in [-0.05, 0) is 93.8 Å². The van der Waals surface area contributed by atoms with Crippen molar-refractivity contribution >= 4 is 17.6 Å². The Hall–Kier alpha value is -6.16. The van der Waals surface area contributed by atoms with Crippen molar-refractivity contribution in [1.82, 2.24) is 0 Å². The van der Waals surface area contributed by atoms with E-state index in [1.807, 2.05) is 13.8 Å². The van der Waals surface area contributed by atoms with Crippen LogP contribution >= 0.6 is 0 Å². The maximum absolute atomic E-state index is 14.7. The molecule has 0 radical (unpaired) electrons. The van der Waals surface area contributed by atoms with Crippen LogP contribution in [0.15, 0.2) is 90.0 Å². The Morgan fingerprint density at radius 2 is 1.38 bits per heavy atom. The van der Waals surface area contributed by atoms with Crippen LogP contribution in [0.2, 0.25) is 0 Å². The smallest absolute Gasteiger partial charge is 0.189 e. The second-order valence-corrected chi connectivity index (χ2v) is 12.8. The molecule has 0 aliphatic heterocycles. The van der Waals surface area contributed by atoms with E-state index in [4.69, 9.17) is 0 Å². The molecular weight excluding hydrogens is 640 g/mol. The largest absolute Gasteiger partial charge is 0.508 e. The summed E-state index contributed by atoms with van der Waals surface area (Å²) in [5.74, 6) is -7.01. The van der Waals surface area contributed by atoms with Crippen LogP contribution in [0.25, 0.3) is 6.08 Å². The van der Waals surface area contributed by atoms with E-state index < -0.39 is 46.6 Å². The van der Waals surface area contributed by atoms with Gasteiger partial charge in [0.2, 0.25) is 0 Å². The first-order valence-corrected chi connectivity index (χ1v) is 15.9. The molecule has 0 saturated carbocycles. The number of carbonyl (C=O) groups is 2. The Morgan fingerprint density at radius 1 is 0.740 bits per heavy atom. The number of Topliss-reactive ketones (excluding diaryl/α,β-unsaturated/α-hetero) is 1. The number of aromatic hydroxyl groups is 8. The number of phenolic OH excluding ortho intramolecular Hbond substituents is 8. The lowest BCUT2D eigenvalue weighted by atomic mass is 9.65. The van der Waals surface area contributed by atoms with Gasteiger partial charge in [-0.2, -0.15) is 0 Å². The van der Waals surface area contributed by atoms with Crippen molar-refractivity contribution in [2.45, 2.75) is 45.4 Å². The van der Waals surface area contributed by atoms with Crippen LogP contribution in [-0.2, 0) is 6.42 Å². The third-order valence-corrected chi connectivity index (χ3v) is 9.00. The number of carbonyl (C=O) groups excluding carboxylic acids is 2. The second kappa shape index (κ2) is 14.1. The van der Waals surface area contributed by atoms with E-state index in [0.717, 1.165) is 29.4 Å². The molecular formula is C40H38O10. The predicted molar refractivity (Wildman–Crippen MR) is 187 cm³/mol. The molecule has 258 valence electrons. The zero-order valence-corrected chi connectivity index (χ0v) is 27.6. The van der Waals surface area contributed by atoms with Gasteiger partial charge in [0.05, 0.1) is 11.1 Å². The van der Waals surface area contributed by atoms with Crippen LogP contribution in [0.3, 0.4) is 0 Å². The molecule has 5 rings (SSSR count). The minimum absolute atomic E-state index is 0.130. The first-order chi connectivity index (χ1) is 23.7. The lowest BCUT2D eigenvalue weighted by molar-refractivity contribution is 0.0876. The minimum atomic E-state index is -1.19. The maximum atomic E-state index is 14.7. The van der Waals surface area contributed by atoms with Crippen LogP contribution in [0, 0.1) is 5.92 Å². The van der Waals surface area contributed by atoms with Gasteiger partial charge in [0, 0.05) is 46.6 Å². The van der Waals surface area contributed by atoms with Gasteiger partial charge in [-0.3, -0.25) is 9.59 Å². The van der Waals surface area contributed by atoms with Gasteiger partial charge >= 0.3 is 0 Å². The van der Waals surface area contributed by atoms with Crippen molar-refractivity contribution in [1.29, 1.82) is 0 Å². The number of hydrogen-bond donors (Lipinski definition) is 8. The number of benzene rings is 4. The molecule has 3 atom stereocenters. The first-order valence-electron chi connectivity index (χ1n) is 15.9. The Bertz CT molecular complexity index is 2080. The summed E-state index contributed by atoms with van der Waals surface area (Å²) in [5, 5.41) is 85.5. The molecule has 0 fully saturated rings. The molecule has 0 bridgehead atoms. The van der Waals surface area contributed by atoms with Gasteiger partial charge in [0.1, 0.15) is 46.0 Å². The molecule has 50 heavy (non-hydrogen) atoms. The average molecular weight is 679 g/mol. The molecule has 0 heterocycles. The highest BCUT2D eigenvalue weighted by Crippen LogP contribution is 2.53. The Balaban J connectivity index is 1.67. The fraction of sp³-hybridized carbons (Fsp3) is 0.200.